The van der Waals surface area contributed by atoms with Crippen LogP contribution in [0.4, 0.5) is 0 Å². The molecule has 1 aliphatic heterocycles. The van der Waals surface area contributed by atoms with E-state index in [1.807, 2.05) is 48.5 Å². The average Bonchev–Trinajstić information content (AvgIpc) is 2.85. The van der Waals surface area contributed by atoms with E-state index in [1.165, 1.54) is 4.46 Å². The number of aliphatic carboxylic acids is 1. The second-order valence-corrected chi connectivity index (χ2v) is 7.75. The van der Waals surface area contributed by atoms with Gasteiger partial charge in [0.1, 0.15) is 0 Å². The van der Waals surface area contributed by atoms with Crippen molar-refractivity contribution in [1.82, 2.24) is 0 Å². The standard InChI is InChI=1S/C18H16O3Se/c19-16(20)7-3-4-12-8-10-13(11-9-12)18-17(21)14-5-1-2-6-15(14)22-18/h1-2,5-6,8-11,18H,3-4,7H2,(H,19,20). The van der Waals surface area contributed by atoms with Gasteiger partial charge in [-0.3, -0.25) is 0 Å². The summed E-state index contributed by atoms with van der Waals surface area (Å²) in [4.78, 5) is 23.0. The van der Waals surface area contributed by atoms with Crippen molar-refractivity contribution in [2.24, 2.45) is 0 Å². The molecule has 1 aliphatic rings. The third kappa shape index (κ3) is 3.13. The zero-order valence-electron chi connectivity index (χ0n) is 12.0. The molecule has 1 unspecified atom stereocenters. The van der Waals surface area contributed by atoms with Crippen LogP contribution in [0.3, 0.4) is 0 Å². The molecular weight excluding hydrogens is 343 g/mol. The second kappa shape index (κ2) is 6.47. The summed E-state index contributed by atoms with van der Waals surface area (Å²) < 4.78 is 1.19. The summed E-state index contributed by atoms with van der Waals surface area (Å²) in [6.07, 6.45) is 1.60. The van der Waals surface area contributed by atoms with E-state index in [2.05, 4.69) is 0 Å². The van der Waals surface area contributed by atoms with Gasteiger partial charge in [-0.05, 0) is 0 Å². The molecule has 112 valence electrons. The molecule has 4 heteroatoms. The Kier molecular flexibility index (Phi) is 4.41. The molecule has 0 radical (unpaired) electrons. The van der Waals surface area contributed by atoms with Crippen LogP contribution in [-0.2, 0) is 11.2 Å². The van der Waals surface area contributed by atoms with Gasteiger partial charge < -0.3 is 0 Å². The van der Waals surface area contributed by atoms with Crippen LogP contribution < -0.4 is 4.46 Å². The van der Waals surface area contributed by atoms with Crippen molar-refractivity contribution in [2.75, 3.05) is 0 Å². The van der Waals surface area contributed by atoms with E-state index < -0.39 is 5.97 Å². The Bertz CT molecular complexity index is 707. The molecule has 3 nitrogen and oxygen atoms in total. The fourth-order valence-electron chi connectivity index (χ4n) is 2.62. The first-order valence-corrected chi connectivity index (χ1v) is 9.10. The van der Waals surface area contributed by atoms with Gasteiger partial charge in [-0.15, -0.1) is 0 Å². The zero-order valence-corrected chi connectivity index (χ0v) is 13.7. The average molecular weight is 359 g/mol. The number of benzene rings is 2. The van der Waals surface area contributed by atoms with Crippen molar-refractivity contribution >= 4 is 31.2 Å². The third-order valence-corrected chi connectivity index (χ3v) is 6.57. The van der Waals surface area contributed by atoms with Crippen LogP contribution in [0.1, 0.15) is 39.1 Å². The Morgan fingerprint density at radius 3 is 2.50 bits per heavy atom. The van der Waals surface area contributed by atoms with Gasteiger partial charge in [-0.1, -0.05) is 0 Å². The molecule has 2 aromatic rings. The molecule has 2 aromatic carbocycles. The molecule has 0 aliphatic carbocycles. The van der Waals surface area contributed by atoms with Crippen molar-refractivity contribution in [3.05, 3.63) is 65.2 Å². The Labute approximate surface area is 135 Å². The van der Waals surface area contributed by atoms with Crippen molar-refractivity contribution in [3.63, 3.8) is 0 Å². The topological polar surface area (TPSA) is 54.4 Å². The number of carboxylic acid groups (broad SMARTS) is 1. The van der Waals surface area contributed by atoms with Crippen LogP contribution in [0.25, 0.3) is 0 Å². The Balaban J connectivity index is 1.69. The van der Waals surface area contributed by atoms with Crippen LogP contribution in [0.15, 0.2) is 48.5 Å². The van der Waals surface area contributed by atoms with Gasteiger partial charge in [0, 0.05) is 0 Å². The molecule has 0 fully saturated rings. The summed E-state index contributed by atoms with van der Waals surface area (Å²) in [5, 5.41) is 8.66. The normalized spacial score (nSPS) is 16.5. The molecule has 1 N–H and O–H groups in total. The molecule has 22 heavy (non-hydrogen) atoms. The zero-order chi connectivity index (χ0) is 15.5. The molecule has 1 heterocycles. The van der Waals surface area contributed by atoms with Crippen LogP contribution in [0.2, 0.25) is 0 Å². The quantitative estimate of drug-likeness (QED) is 0.834. The molecule has 0 saturated carbocycles. The van der Waals surface area contributed by atoms with Crippen LogP contribution in [0, 0.1) is 0 Å². The number of carbonyl (C=O) groups excluding carboxylic acids is 1. The van der Waals surface area contributed by atoms with Crippen molar-refractivity contribution in [3.8, 4) is 0 Å². The first kappa shape index (κ1) is 15.0. The fraction of sp³-hybridized carbons (Fsp3) is 0.222. The maximum atomic E-state index is 12.5. The monoisotopic (exact) mass is 360 g/mol. The number of rotatable bonds is 5. The van der Waals surface area contributed by atoms with Gasteiger partial charge in [-0.2, -0.15) is 0 Å². The van der Waals surface area contributed by atoms with Gasteiger partial charge in [0.2, 0.25) is 0 Å². The van der Waals surface area contributed by atoms with E-state index in [1.54, 1.807) is 0 Å². The first-order chi connectivity index (χ1) is 10.6. The second-order valence-electron chi connectivity index (χ2n) is 5.35. The van der Waals surface area contributed by atoms with Gasteiger partial charge >= 0.3 is 135 Å². The van der Waals surface area contributed by atoms with Gasteiger partial charge in [-0.25, -0.2) is 0 Å². The number of hydrogen-bond acceptors (Lipinski definition) is 2. The van der Waals surface area contributed by atoms with E-state index in [4.69, 9.17) is 5.11 Å². The summed E-state index contributed by atoms with van der Waals surface area (Å²) in [7, 11) is 0. The molecule has 1 atom stereocenters. The van der Waals surface area contributed by atoms with Crippen molar-refractivity contribution in [2.45, 2.75) is 24.1 Å². The Hall–Kier alpha value is -1.90. The SMILES string of the molecule is O=C(O)CCCc1ccc(C2[Se]c3ccccc3C2=O)cc1. The predicted octanol–water partition coefficient (Wildman–Crippen LogP) is 2.36. The predicted molar refractivity (Wildman–Crippen MR) is 85.9 cm³/mol. The summed E-state index contributed by atoms with van der Waals surface area (Å²) >= 11 is 0.151. The maximum absolute atomic E-state index is 12.5. The van der Waals surface area contributed by atoms with E-state index in [0.717, 1.165) is 23.1 Å². The first-order valence-electron chi connectivity index (χ1n) is 7.25. The molecule has 0 spiro atoms. The summed E-state index contributed by atoms with van der Waals surface area (Å²) in [6.45, 7) is 0. The third-order valence-electron chi connectivity index (χ3n) is 3.77. The van der Waals surface area contributed by atoms with E-state index >= 15 is 0 Å². The molecule has 0 bridgehead atoms. The van der Waals surface area contributed by atoms with Crippen molar-refractivity contribution < 1.29 is 14.7 Å². The number of aryl methyl sites for hydroxylation is 1. The van der Waals surface area contributed by atoms with E-state index in [9.17, 15) is 9.59 Å². The molecule has 0 aromatic heterocycles. The van der Waals surface area contributed by atoms with Gasteiger partial charge in [0.05, 0.1) is 0 Å². The molecule has 0 saturated heterocycles. The molecular formula is C18H16O3Se. The number of carbonyl (C=O) groups is 2. The number of hydrogen-bond donors (Lipinski definition) is 1. The summed E-state index contributed by atoms with van der Waals surface area (Å²) in [6, 6.07) is 15.9. The van der Waals surface area contributed by atoms with Crippen molar-refractivity contribution in [1.29, 1.82) is 0 Å². The number of fused-ring (bicyclic) bond motifs is 1. The summed E-state index contributed by atoms with van der Waals surface area (Å²) in [5.41, 5.74) is 3.07. The number of carboxylic acids is 1. The Morgan fingerprint density at radius 2 is 1.82 bits per heavy atom. The van der Waals surface area contributed by atoms with Crippen LogP contribution in [-0.4, -0.2) is 31.8 Å². The number of ketones is 1. The number of Topliss-reactive ketones (excluding diaryl/α,β-unsaturated/α-hetero) is 1. The fourth-order valence-corrected chi connectivity index (χ4v) is 5.21. The van der Waals surface area contributed by atoms with Crippen LogP contribution in [0.5, 0.6) is 0 Å². The molecule has 0 amide bonds. The minimum atomic E-state index is -0.756. The Morgan fingerprint density at radius 1 is 1.09 bits per heavy atom. The summed E-state index contributed by atoms with van der Waals surface area (Å²) in [5.74, 6) is -0.525. The van der Waals surface area contributed by atoms with Crippen LogP contribution >= 0.6 is 0 Å². The minimum absolute atomic E-state index is 0.0158. The van der Waals surface area contributed by atoms with Gasteiger partial charge in [0.15, 0.2) is 0 Å². The van der Waals surface area contributed by atoms with E-state index in [-0.39, 0.29) is 32.0 Å². The molecule has 3 rings (SSSR count). The van der Waals surface area contributed by atoms with E-state index in [0.29, 0.717) is 6.42 Å². The van der Waals surface area contributed by atoms with Gasteiger partial charge in [0.25, 0.3) is 0 Å².